The summed E-state index contributed by atoms with van der Waals surface area (Å²) in [7, 11) is 1.91. The summed E-state index contributed by atoms with van der Waals surface area (Å²) in [4.78, 5) is 9.13. The van der Waals surface area contributed by atoms with Gasteiger partial charge in [-0.05, 0) is 25.1 Å². The maximum absolute atomic E-state index is 8.83. The first-order chi connectivity index (χ1) is 7.22. The number of aromatic amines is 1. The average Bonchev–Trinajstić information content (AvgIpc) is 2.73. The summed E-state index contributed by atoms with van der Waals surface area (Å²) < 4.78 is 0. The van der Waals surface area contributed by atoms with Gasteiger partial charge in [-0.25, -0.2) is 4.98 Å². The lowest BCUT2D eigenvalue weighted by Crippen LogP contribution is -2.26. The molecule has 1 N–H and O–H groups in total. The second-order valence-corrected chi connectivity index (χ2v) is 3.52. The van der Waals surface area contributed by atoms with Gasteiger partial charge in [-0.1, -0.05) is 0 Å². The van der Waals surface area contributed by atoms with Gasteiger partial charge in [0.15, 0.2) is 0 Å². The SMILES string of the molecule is CC(C#N)N(C)c1ccc2nc[nH]c2c1. The summed E-state index contributed by atoms with van der Waals surface area (Å²) in [5.41, 5.74) is 2.95. The van der Waals surface area contributed by atoms with Crippen LogP contribution in [-0.4, -0.2) is 23.1 Å². The van der Waals surface area contributed by atoms with E-state index in [0.29, 0.717) is 0 Å². The molecule has 0 aliphatic heterocycles. The molecule has 15 heavy (non-hydrogen) atoms. The summed E-state index contributed by atoms with van der Waals surface area (Å²) >= 11 is 0. The predicted octanol–water partition coefficient (Wildman–Crippen LogP) is 1.91. The Hall–Kier alpha value is -2.02. The van der Waals surface area contributed by atoms with E-state index in [1.54, 1.807) is 6.33 Å². The Morgan fingerprint density at radius 1 is 1.53 bits per heavy atom. The molecule has 1 unspecified atom stereocenters. The van der Waals surface area contributed by atoms with Gasteiger partial charge in [0.05, 0.1) is 23.4 Å². The predicted molar refractivity (Wildman–Crippen MR) is 59.6 cm³/mol. The summed E-state index contributed by atoms with van der Waals surface area (Å²) in [6.07, 6.45) is 1.67. The molecule has 1 aromatic heterocycles. The third-order valence-electron chi connectivity index (χ3n) is 2.58. The second-order valence-electron chi connectivity index (χ2n) is 3.52. The van der Waals surface area contributed by atoms with Crippen molar-refractivity contribution in [3.63, 3.8) is 0 Å². The average molecular weight is 200 g/mol. The van der Waals surface area contributed by atoms with E-state index in [0.717, 1.165) is 16.7 Å². The number of benzene rings is 1. The molecule has 4 heteroatoms. The number of rotatable bonds is 2. The Kier molecular flexibility index (Phi) is 2.30. The monoisotopic (exact) mass is 200 g/mol. The third kappa shape index (κ3) is 1.64. The van der Waals surface area contributed by atoms with Crippen molar-refractivity contribution < 1.29 is 0 Å². The maximum atomic E-state index is 8.83. The molecule has 76 valence electrons. The molecule has 0 fully saturated rings. The number of anilines is 1. The normalized spacial score (nSPS) is 12.3. The minimum absolute atomic E-state index is 0.134. The Bertz CT molecular complexity index is 509. The third-order valence-corrected chi connectivity index (χ3v) is 2.58. The van der Waals surface area contributed by atoms with Gasteiger partial charge in [0, 0.05) is 12.7 Å². The maximum Gasteiger partial charge on any atom is 0.113 e. The van der Waals surface area contributed by atoms with Gasteiger partial charge in [-0.2, -0.15) is 5.26 Å². The van der Waals surface area contributed by atoms with Crippen LogP contribution in [0.15, 0.2) is 24.5 Å². The lowest BCUT2D eigenvalue weighted by molar-refractivity contribution is 0.836. The van der Waals surface area contributed by atoms with E-state index in [1.165, 1.54) is 0 Å². The van der Waals surface area contributed by atoms with E-state index in [1.807, 2.05) is 37.1 Å². The molecule has 4 nitrogen and oxygen atoms in total. The van der Waals surface area contributed by atoms with Gasteiger partial charge in [0.2, 0.25) is 0 Å². The number of hydrogen-bond donors (Lipinski definition) is 1. The second kappa shape index (κ2) is 3.62. The zero-order chi connectivity index (χ0) is 10.8. The molecule has 1 aromatic carbocycles. The summed E-state index contributed by atoms with van der Waals surface area (Å²) in [6, 6.07) is 7.98. The number of nitrogens with zero attached hydrogens (tertiary/aromatic N) is 3. The van der Waals surface area contributed by atoms with Gasteiger partial charge in [-0.15, -0.1) is 0 Å². The zero-order valence-electron chi connectivity index (χ0n) is 8.73. The van der Waals surface area contributed by atoms with E-state index >= 15 is 0 Å². The highest BCUT2D eigenvalue weighted by Crippen LogP contribution is 2.19. The van der Waals surface area contributed by atoms with Crippen LogP contribution < -0.4 is 4.90 Å². The molecule has 0 saturated carbocycles. The van der Waals surface area contributed by atoms with Gasteiger partial charge < -0.3 is 9.88 Å². The molecular formula is C11H12N4. The van der Waals surface area contributed by atoms with E-state index in [9.17, 15) is 0 Å². The minimum atomic E-state index is -0.134. The van der Waals surface area contributed by atoms with E-state index in [2.05, 4.69) is 16.0 Å². The number of nitriles is 1. The van der Waals surface area contributed by atoms with E-state index < -0.39 is 0 Å². The molecular weight excluding hydrogens is 188 g/mol. The standard InChI is InChI=1S/C11H12N4/c1-8(6-12)15(2)9-3-4-10-11(5-9)14-7-13-10/h3-5,7-8H,1-2H3,(H,13,14). The molecule has 0 radical (unpaired) electrons. The van der Waals surface area contributed by atoms with Crippen molar-refractivity contribution in [2.75, 3.05) is 11.9 Å². The quantitative estimate of drug-likeness (QED) is 0.805. The molecule has 0 aliphatic rings. The highest BCUT2D eigenvalue weighted by molar-refractivity contribution is 5.79. The van der Waals surface area contributed by atoms with E-state index in [4.69, 9.17) is 5.26 Å². The lowest BCUT2D eigenvalue weighted by atomic mass is 10.2. The Morgan fingerprint density at radius 3 is 3.07 bits per heavy atom. The van der Waals surface area contributed by atoms with Crippen molar-refractivity contribution in [2.24, 2.45) is 0 Å². The number of imidazole rings is 1. The van der Waals surface area contributed by atoms with Crippen LogP contribution in [0.1, 0.15) is 6.92 Å². The summed E-state index contributed by atoms with van der Waals surface area (Å²) in [5.74, 6) is 0. The van der Waals surface area contributed by atoms with Crippen molar-refractivity contribution >= 4 is 16.7 Å². The fourth-order valence-corrected chi connectivity index (χ4v) is 1.45. The van der Waals surface area contributed by atoms with Crippen LogP contribution >= 0.6 is 0 Å². The lowest BCUT2D eigenvalue weighted by Gasteiger charge is -2.21. The van der Waals surface area contributed by atoms with Gasteiger partial charge in [-0.3, -0.25) is 0 Å². The summed E-state index contributed by atoms with van der Waals surface area (Å²) in [5, 5.41) is 8.83. The largest absolute Gasteiger partial charge is 0.359 e. The van der Waals surface area contributed by atoms with Crippen LogP contribution in [0, 0.1) is 11.3 Å². The first-order valence-corrected chi connectivity index (χ1v) is 4.78. The van der Waals surface area contributed by atoms with Crippen LogP contribution in [0.3, 0.4) is 0 Å². The van der Waals surface area contributed by atoms with Gasteiger partial charge >= 0.3 is 0 Å². The molecule has 2 rings (SSSR count). The highest BCUT2D eigenvalue weighted by Gasteiger charge is 2.09. The fraction of sp³-hybridized carbons (Fsp3) is 0.273. The molecule has 0 bridgehead atoms. The van der Waals surface area contributed by atoms with Crippen molar-refractivity contribution in [2.45, 2.75) is 13.0 Å². The zero-order valence-corrected chi connectivity index (χ0v) is 8.73. The molecule has 2 aromatic rings. The number of nitrogens with one attached hydrogen (secondary N) is 1. The number of H-pyrrole nitrogens is 1. The first-order valence-electron chi connectivity index (χ1n) is 4.78. The van der Waals surface area contributed by atoms with Crippen molar-refractivity contribution in [1.29, 1.82) is 5.26 Å². The number of fused-ring (bicyclic) bond motifs is 1. The minimum Gasteiger partial charge on any atom is -0.359 e. The van der Waals surface area contributed by atoms with Crippen LogP contribution in [0.2, 0.25) is 0 Å². The number of aromatic nitrogens is 2. The molecule has 0 saturated heterocycles. The molecule has 1 heterocycles. The Morgan fingerprint density at radius 2 is 2.33 bits per heavy atom. The molecule has 0 spiro atoms. The van der Waals surface area contributed by atoms with Gasteiger partial charge in [0.1, 0.15) is 6.04 Å². The van der Waals surface area contributed by atoms with E-state index in [-0.39, 0.29) is 6.04 Å². The fourth-order valence-electron chi connectivity index (χ4n) is 1.45. The Labute approximate surface area is 88.2 Å². The van der Waals surface area contributed by atoms with Crippen LogP contribution in [0.4, 0.5) is 5.69 Å². The van der Waals surface area contributed by atoms with Crippen LogP contribution in [0.5, 0.6) is 0 Å². The molecule has 0 aliphatic carbocycles. The highest BCUT2D eigenvalue weighted by atomic mass is 15.1. The van der Waals surface area contributed by atoms with Crippen molar-refractivity contribution in [3.8, 4) is 6.07 Å². The van der Waals surface area contributed by atoms with Crippen LogP contribution in [0.25, 0.3) is 11.0 Å². The molecule has 0 amide bonds. The molecule has 1 atom stereocenters. The topological polar surface area (TPSA) is 55.7 Å². The van der Waals surface area contributed by atoms with Crippen molar-refractivity contribution in [1.82, 2.24) is 9.97 Å². The smallest absolute Gasteiger partial charge is 0.113 e. The first kappa shape index (κ1) is 9.53. The van der Waals surface area contributed by atoms with Gasteiger partial charge in [0.25, 0.3) is 0 Å². The summed E-state index contributed by atoms with van der Waals surface area (Å²) in [6.45, 7) is 1.87. The van der Waals surface area contributed by atoms with Crippen LogP contribution in [-0.2, 0) is 0 Å². The number of hydrogen-bond acceptors (Lipinski definition) is 3. The van der Waals surface area contributed by atoms with Crippen molar-refractivity contribution in [3.05, 3.63) is 24.5 Å². The Balaban J connectivity index is 2.40.